The summed E-state index contributed by atoms with van der Waals surface area (Å²) in [5, 5.41) is 0. The zero-order chi connectivity index (χ0) is 14.8. The first kappa shape index (κ1) is 15.3. The number of alkyl halides is 3. The van der Waals surface area contributed by atoms with Crippen molar-refractivity contribution in [2.24, 2.45) is 0 Å². The molecule has 0 saturated carbocycles. The highest BCUT2D eigenvalue weighted by Crippen LogP contribution is 2.21. The number of nitrogens with zero attached hydrogens (tertiary/aromatic N) is 1. The number of nitrogen functional groups attached to an aromatic ring is 1. The van der Waals surface area contributed by atoms with Crippen LogP contribution in [0.4, 0.5) is 23.2 Å². The van der Waals surface area contributed by atoms with E-state index in [1.807, 2.05) is 0 Å². The molecule has 0 unspecified atom stereocenters. The highest BCUT2D eigenvalue weighted by atomic mass is 19.4. The van der Waals surface area contributed by atoms with Gasteiger partial charge in [-0.3, -0.25) is 4.79 Å². The van der Waals surface area contributed by atoms with Crippen LogP contribution in [0.1, 0.15) is 22.3 Å². The van der Waals surface area contributed by atoms with E-state index in [1.165, 1.54) is 20.0 Å². The molecule has 1 aromatic carbocycles. The molecule has 0 radical (unpaired) electrons. The first-order valence-electron chi connectivity index (χ1n) is 5.49. The molecule has 0 aromatic heterocycles. The van der Waals surface area contributed by atoms with Crippen molar-refractivity contribution < 1.29 is 22.4 Å². The van der Waals surface area contributed by atoms with Gasteiger partial charge in [-0.2, -0.15) is 13.2 Å². The Hall–Kier alpha value is -1.79. The summed E-state index contributed by atoms with van der Waals surface area (Å²) in [5.74, 6) is -1.59. The lowest BCUT2D eigenvalue weighted by atomic mass is 10.1. The Morgan fingerprint density at radius 2 is 1.95 bits per heavy atom. The minimum Gasteiger partial charge on any atom is -0.399 e. The summed E-state index contributed by atoms with van der Waals surface area (Å²) in [6.07, 6.45) is -5.50. The maximum Gasteiger partial charge on any atom is 0.390 e. The van der Waals surface area contributed by atoms with E-state index in [0.717, 1.165) is 11.0 Å². The van der Waals surface area contributed by atoms with Gasteiger partial charge in [0.15, 0.2) is 0 Å². The Kier molecular flexibility index (Phi) is 4.39. The lowest BCUT2D eigenvalue weighted by Crippen LogP contribution is -2.31. The number of benzene rings is 1. The number of carbonyl (C=O) groups is 1. The first-order valence-corrected chi connectivity index (χ1v) is 5.49. The van der Waals surface area contributed by atoms with Crippen LogP contribution in [0.2, 0.25) is 0 Å². The van der Waals surface area contributed by atoms with Crippen molar-refractivity contribution in [3.63, 3.8) is 0 Å². The van der Waals surface area contributed by atoms with Gasteiger partial charge in [0, 0.05) is 19.3 Å². The summed E-state index contributed by atoms with van der Waals surface area (Å²) in [4.78, 5) is 12.7. The van der Waals surface area contributed by atoms with Crippen LogP contribution in [0.25, 0.3) is 0 Å². The second kappa shape index (κ2) is 5.46. The Balaban J connectivity index is 2.89. The Morgan fingerprint density at radius 3 is 2.47 bits per heavy atom. The third-order valence-electron chi connectivity index (χ3n) is 2.58. The molecule has 0 aliphatic carbocycles. The van der Waals surface area contributed by atoms with E-state index >= 15 is 0 Å². The molecular weight excluding hydrogens is 264 g/mol. The van der Waals surface area contributed by atoms with E-state index in [-0.39, 0.29) is 16.8 Å². The van der Waals surface area contributed by atoms with Crippen LogP contribution in [0.5, 0.6) is 0 Å². The Labute approximate surface area is 108 Å². The number of carbonyl (C=O) groups excluding carboxylic acids is 1. The topological polar surface area (TPSA) is 46.3 Å². The normalized spacial score (nSPS) is 11.5. The van der Waals surface area contributed by atoms with Crippen molar-refractivity contribution in [2.45, 2.75) is 19.5 Å². The highest BCUT2D eigenvalue weighted by molar-refractivity contribution is 5.95. The fourth-order valence-corrected chi connectivity index (χ4v) is 1.55. The monoisotopic (exact) mass is 278 g/mol. The zero-order valence-electron chi connectivity index (χ0n) is 10.5. The summed E-state index contributed by atoms with van der Waals surface area (Å²) >= 11 is 0. The summed E-state index contributed by atoms with van der Waals surface area (Å²) in [6.45, 7) is 0.897. The van der Waals surface area contributed by atoms with Crippen molar-refractivity contribution in [3.8, 4) is 0 Å². The zero-order valence-corrected chi connectivity index (χ0v) is 10.5. The van der Waals surface area contributed by atoms with Crippen LogP contribution >= 0.6 is 0 Å². The molecule has 19 heavy (non-hydrogen) atoms. The molecule has 2 N–H and O–H groups in total. The molecule has 7 heteroatoms. The standard InChI is InChI=1S/C12H14F4N2O/c1-7-5-8(17)6-9(10(7)13)11(19)18(2)4-3-12(14,15)16/h5-6H,3-4,17H2,1-2H3. The predicted molar refractivity (Wildman–Crippen MR) is 63.2 cm³/mol. The van der Waals surface area contributed by atoms with Gasteiger partial charge in [-0.1, -0.05) is 0 Å². The fourth-order valence-electron chi connectivity index (χ4n) is 1.55. The molecule has 0 saturated heterocycles. The number of rotatable bonds is 3. The minimum absolute atomic E-state index is 0.174. The highest BCUT2D eigenvalue weighted by Gasteiger charge is 2.28. The third-order valence-corrected chi connectivity index (χ3v) is 2.58. The third kappa shape index (κ3) is 4.11. The number of hydrogen-bond acceptors (Lipinski definition) is 2. The van der Waals surface area contributed by atoms with Gasteiger partial charge in [0.25, 0.3) is 5.91 Å². The summed E-state index contributed by atoms with van der Waals surface area (Å²) in [5.41, 5.74) is 5.53. The quantitative estimate of drug-likeness (QED) is 0.682. The SMILES string of the molecule is Cc1cc(N)cc(C(=O)N(C)CCC(F)(F)F)c1F. The lowest BCUT2D eigenvalue weighted by molar-refractivity contribution is -0.136. The molecule has 0 heterocycles. The van der Waals surface area contributed by atoms with Crippen LogP contribution in [-0.2, 0) is 0 Å². The summed E-state index contributed by atoms with van der Waals surface area (Å²) < 4.78 is 49.9. The van der Waals surface area contributed by atoms with E-state index in [1.54, 1.807) is 0 Å². The molecular formula is C12H14F4N2O. The first-order chi connectivity index (χ1) is 8.61. The Morgan fingerprint density at radius 1 is 1.37 bits per heavy atom. The van der Waals surface area contributed by atoms with E-state index < -0.39 is 30.9 Å². The summed E-state index contributed by atoms with van der Waals surface area (Å²) in [7, 11) is 1.19. The van der Waals surface area contributed by atoms with Crippen LogP contribution in [0.3, 0.4) is 0 Å². The van der Waals surface area contributed by atoms with Crippen LogP contribution in [0, 0.1) is 12.7 Å². The number of nitrogens with two attached hydrogens (primary N) is 1. The van der Waals surface area contributed by atoms with Gasteiger partial charge >= 0.3 is 6.18 Å². The maximum atomic E-state index is 13.7. The van der Waals surface area contributed by atoms with E-state index in [0.29, 0.717) is 0 Å². The number of aryl methyl sites for hydroxylation is 1. The molecule has 1 amide bonds. The van der Waals surface area contributed by atoms with Gasteiger partial charge < -0.3 is 10.6 Å². The van der Waals surface area contributed by atoms with Gasteiger partial charge in [0.05, 0.1) is 12.0 Å². The smallest absolute Gasteiger partial charge is 0.390 e. The molecule has 1 aromatic rings. The van der Waals surface area contributed by atoms with Crippen molar-refractivity contribution >= 4 is 11.6 Å². The number of amides is 1. The van der Waals surface area contributed by atoms with E-state index in [4.69, 9.17) is 5.73 Å². The molecule has 0 aliphatic heterocycles. The number of hydrogen-bond donors (Lipinski definition) is 1. The van der Waals surface area contributed by atoms with Crippen LogP contribution in [-0.4, -0.2) is 30.6 Å². The molecule has 1 rings (SSSR count). The predicted octanol–water partition coefficient (Wildman–Crippen LogP) is 2.74. The molecule has 3 nitrogen and oxygen atoms in total. The van der Waals surface area contributed by atoms with Crippen LogP contribution < -0.4 is 5.73 Å². The average molecular weight is 278 g/mol. The van der Waals surface area contributed by atoms with Gasteiger partial charge in [0.1, 0.15) is 5.82 Å². The van der Waals surface area contributed by atoms with Crippen LogP contribution in [0.15, 0.2) is 12.1 Å². The lowest BCUT2D eigenvalue weighted by Gasteiger charge is -2.19. The largest absolute Gasteiger partial charge is 0.399 e. The van der Waals surface area contributed by atoms with Gasteiger partial charge in [-0.15, -0.1) is 0 Å². The van der Waals surface area contributed by atoms with Crippen molar-refractivity contribution in [2.75, 3.05) is 19.3 Å². The molecule has 0 fully saturated rings. The van der Waals surface area contributed by atoms with Crippen molar-refractivity contribution in [1.82, 2.24) is 4.90 Å². The summed E-state index contributed by atoms with van der Waals surface area (Å²) in [6, 6.07) is 2.47. The van der Waals surface area contributed by atoms with Gasteiger partial charge in [-0.25, -0.2) is 4.39 Å². The van der Waals surface area contributed by atoms with Crippen molar-refractivity contribution in [1.29, 1.82) is 0 Å². The second-order valence-electron chi connectivity index (χ2n) is 4.29. The fraction of sp³-hybridized carbons (Fsp3) is 0.417. The second-order valence-corrected chi connectivity index (χ2v) is 4.29. The Bertz CT molecular complexity index is 485. The van der Waals surface area contributed by atoms with Gasteiger partial charge in [0.2, 0.25) is 0 Å². The molecule has 0 aliphatic rings. The molecule has 106 valence electrons. The number of halogens is 4. The van der Waals surface area contributed by atoms with Crippen molar-refractivity contribution in [3.05, 3.63) is 29.1 Å². The molecule has 0 spiro atoms. The molecule has 0 bridgehead atoms. The average Bonchev–Trinajstić information content (AvgIpc) is 2.28. The van der Waals surface area contributed by atoms with Gasteiger partial charge in [-0.05, 0) is 24.6 Å². The van der Waals surface area contributed by atoms with E-state index in [9.17, 15) is 22.4 Å². The number of anilines is 1. The minimum atomic E-state index is -4.36. The maximum absolute atomic E-state index is 13.7. The van der Waals surface area contributed by atoms with E-state index in [2.05, 4.69) is 0 Å². The molecule has 0 atom stereocenters.